The number of aromatic nitrogens is 1. The molecule has 0 unspecified atom stereocenters. The number of pyridine rings is 1. The normalized spacial score (nSPS) is 28.6. The molecule has 4 N–H and O–H groups in total. The van der Waals surface area contributed by atoms with Gasteiger partial charge in [0.2, 0.25) is 0 Å². The Balaban J connectivity index is 1.70. The average Bonchev–Trinajstić information content (AvgIpc) is 2.65. The van der Waals surface area contributed by atoms with E-state index in [1.807, 2.05) is 0 Å². The molecule has 1 aromatic rings. The molecule has 0 radical (unpaired) electrons. The monoisotopic (exact) mass is 374 g/mol. The van der Waals surface area contributed by atoms with Crippen LogP contribution in [-0.4, -0.2) is 45.5 Å². The Bertz CT molecular complexity index is 700. The van der Waals surface area contributed by atoms with Gasteiger partial charge in [-0.05, 0) is 68.9 Å². The highest BCUT2D eigenvalue weighted by Crippen LogP contribution is 2.35. The molecule has 0 spiro atoms. The van der Waals surface area contributed by atoms with Gasteiger partial charge in [-0.25, -0.2) is 4.98 Å². The third kappa shape index (κ3) is 4.58. The maximum Gasteiger partial charge on any atom is 0.313 e. The molecule has 7 heteroatoms. The van der Waals surface area contributed by atoms with E-state index in [1.54, 1.807) is 17.9 Å². The topological polar surface area (TPSA) is 109 Å². The van der Waals surface area contributed by atoms with E-state index >= 15 is 0 Å². The van der Waals surface area contributed by atoms with E-state index in [0.717, 1.165) is 44.1 Å². The Kier molecular flexibility index (Phi) is 5.99. The fourth-order valence-electron chi connectivity index (χ4n) is 4.35. The number of nitrogens with one attached hydrogen (secondary N) is 1. The van der Waals surface area contributed by atoms with Crippen LogP contribution >= 0.6 is 0 Å². The number of hydrogen-bond donors (Lipinski definition) is 3. The molecule has 1 saturated carbocycles. The lowest BCUT2D eigenvalue weighted by Crippen LogP contribution is -2.53. The number of aliphatic hydroxyl groups excluding tert-OH is 1. The van der Waals surface area contributed by atoms with Crippen LogP contribution in [0.5, 0.6) is 0 Å². The standard InChI is InChI=1S/C20H30N4O3/c1-12-3-8-17(14-4-6-16(25)7-5-14)24(11-12)20(27)19(26)23-15-9-13(2)18(21)22-10-15/h9-10,12,14,16-17,25H,3-8,11H2,1-2H3,(H2,21,22)(H,23,26)/t12-,14?,16?,17-/m0/s1. The third-order valence-corrected chi connectivity index (χ3v) is 5.98. The largest absolute Gasteiger partial charge is 0.393 e. The number of aryl methyl sites for hydroxylation is 1. The molecule has 1 saturated heterocycles. The lowest BCUT2D eigenvalue weighted by Gasteiger charge is -2.44. The smallest absolute Gasteiger partial charge is 0.313 e. The van der Waals surface area contributed by atoms with Crippen LogP contribution in [0.15, 0.2) is 12.3 Å². The van der Waals surface area contributed by atoms with E-state index in [4.69, 9.17) is 5.73 Å². The van der Waals surface area contributed by atoms with Gasteiger partial charge < -0.3 is 21.1 Å². The second-order valence-electron chi connectivity index (χ2n) is 8.16. The number of likely N-dealkylation sites (tertiary alicyclic amines) is 1. The first-order chi connectivity index (χ1) is 12.8. The maximum atomic E-state index is 12.9. The molecule has 148 valence electrons. The highest BCUT2D eigenvalue weighted by Gasteiger charge is 2.38. The summed E-state index contributed by atoms with van der Waals surface area (Å²) in [6.07, 6.45) is 6.60. The van der Waals surface area contributed by atoms with Crippen molar-refractivity contribution in [1.82, 2.24) is 9.88 Å². The lowest BCUT2D eigenvalue weighted by molar-refractivity contribution is -0.148. The fourth-order valence-corrected chi connectivity index (χ4v) is 4.35. The first kappa shape index (κ1) is 19.6. The predicted molar refractivity (Wildman–Crippen MR) is 104 cm³/mol. The zero-order valence-corrected chi connectivity index (χ0v) is 16.1. The van der Waals surface area contributed by atoms with Gasteiger partial charge in [-0.1, -0.05) is 6.92 Å². The second kappa shape index (κ2) is 8.25. The van der Waals surface area contributed by atoms with Crippen LogP contribution in [0, 0.1) is 18.8 Å². The molecule has 2 amide bonds. The Morgan fingerprint density at radius 2 is 1.93 bits per heavy atom. The van der Waals surface area contributed by atoms with E-state index in [9.17, 15) is 14.7 Å². The SMILES string of the molecule is Cc1cc(NC(=O)C(=O)N2C[C@@H](C)CC[C@H]2C2CCC(O)CC2)cnc1N. The molecule has 1 aromatic heterocycles. The molecule has 0 bridgehead atoms. The number of anilines is 2. The summed E-state index contributed by atoms with van der Waals surface area (Å²) in [5, 5.41) is 12.4. The molecule has 0 aromatic carbocycles. The summed E-state index contributed by atoms with van der Waals surface area (Å²) in [6.45, 7) is 4.53. The van der Waals surface area contributed by atoms with Crippen molar-refractivity contribution in [3.8, 4) is 0 Å². The van der Waals surface area contributed by atoms with Gasteiger partial charge in [-0.3, -0.25) is 9.59 Å². The molecule has 27 heavy (non-hydrogen) atoms. The first-order valence-corrected chi connectivity index (χ1v) is 9.87. The van der Waals surface area contributed by atoms with Crippen LogP contribution < -0.4 is 11.1 Å². The molecule has 7 nitrogen and oxygen atoms in total. The number of hydrogen-bond acceptors (Lipinski definition) is 5. The van der Waals surface area contributed by atoms with Gasteiger partial charge in [-0.15, -0.1) is 0 Å². The average molecular weight is 374 g/mol. The third-order valence-electron chi connectivity index (χ3n) is 5.98. The zero-order valence-electron chi connectivity index (χ0n) is 16.1. The molecule has 2 atom stereocenters. The van der Waals surface area contributed by atoms with Crippen LogP contribution in [0.3, 0.4) is 0 Å². The Morgan fingerprint density at radius 1 is 1.22 bits per heavy atom. The number of aliphatic hydroxyl groups is 1. The number of carbonyl (C=O) groups is 2. The molecule has 2 heterocycles. The van der Waals surface area contributed by atoms with E-state index in [1.165, 1.54) is 6.20 Å². The summed E-state index contributed by atoms with van der Waals surface area (Å²) in [5.74, 6) is 0.0393. The van der Waals surface area contributed by atoms with Crippen molar-refractivity contribution < 1.29 is 14.7 Å². The number of amides is 2. The summed E-state index contributed by atoms with van der Waals surface area (Å²) in [5.41, 5.74) is 6.93. The van der Waals surface area contributed by atoms with Gasteiger partial charge in [0.25, 0.3) is 0 Å². The molecular weight excluding hydrogens is 344 g/mol. The first-order valence-electron chi connectivity index (χ1n) is 9.87. The molecule has 2 aliphatic rings. The van der Waals surface area contributed by atoms with Crippen LogP contribution in [0.1, 0.15) is 51.0 Å². The van der Waals surface area contributed by atoms with Gasteiger partial charge in [0.05, 0.1) is 18.0 Å². The second-order valence-corrected chi connectivity index (χ2v) is 8.16. The van der Waals surface area contributed by atoms with Crippen LogP contribution in [0.25, 0.3) is 0 Å². The number of rotatable bonds is 2. The van der Waals surface area contributed by atoms with Crippen molar-refractivity contribution in [2.24, 2.45) is 11.8 Å². The van der Waals surface area contributed by atoms with Crippen molar-refractivity contribution in [1.29, 1.82) is 0 Å². The minimum Gasteiger partial charge on any atom is -0.393 e. The quantitative estimate of drug-likeness (QED) is 0.687. The van der Waals surface area contributed by atoms with Gasteiger partial charge in [-0.2, -0.15) is 0 Å². The minimum atomic E-state index is -0.629. The van der Waals surface area contributed by atoms with Crippen molar-refractivity contribution >= 4 is 23.3 Å². The maximum absolute atomic E-state index is 12.9. The van der Waals surface area contributed by atoms with Crippen molar-refractivity contribution in [2.45, 2.75) is 64.5 Å². The fraction of sp³-hybridized carbons (Fsp3) is 0.650. The molecule has 1 aliphatic heterocycles. The van der Waals surface area contributed by atoms with E-state index in [-0.39, 0.29) is 12.1 Å². The molecule has 2 fully saturated rings. The van der Waals surface area contributed by atoms with Crippen molar-refractivity contribution in [3.63, 3.8) is 0 Å². The minimum absolute atomic E-state index is 0.0817. The highest BCUT2D eigenvalue weighted by molar-refractivity contribution is 6.39. The van der Waals surface area contributed by atoms with Crippen LogP contribution in [0.2, 0.25) is 0 Å². The Hall–Kier alpha value is -2.15. The predicted octanol–water partition coefficient (Wildman–Crippen LogP) is 2.09. The van der Waals surface area contributed by atoms with E-state index in [2.05, 4.69) is 17.2 Å². The van der Waals surface area contributed by atoms with Gasteiger partial charge >= 0.3 is 11.8 Å². The number of nitrogens with two attached hydrogens (primary N) is 1. The van der Waals surface area contributed by atoms with E-state index < -0.39 is 11.8 Å². The van der Waals surface area contributed by atoms with Gasteiger partial charge in [0, 0.05) is 12.6 Å². The Labute approximate surface area is 160 Å². The number of piperidine rings is 1. The number of nitrogen functional groups attached to an aromatic ring is 1. The van der Waals surface area contributed by atoms with Gasteiger partial charge in [0.15, 0.2) is 0 Å². The van der Waals surface area contributed by atoms with E-state index in [0.29, 0.717) is 29.9 Å². The van der Waals surface area contributed by atoms with Crippen molar-refractivity contribution in [3.05, 3.63) is 17.8 Å². The summed E-state index contributed by atoms with van der Waals surface area (Å²) in [7, 11) is 0. The van der Waals surface area contributed by atoms with Crippen LogP contribution in [0.4, 0.5) is 11.5 Å². The molecular formula is C20H30N4O3. The summed E-state index contributed by atoms with van der Waals surface area (Å²) < 4.78 is 0. The summed E-state index contributed by atoms with van der Waals surface area (Å²) in [6, 6.07) is 1.80. The zero-order chi connectivity index (χ0) is 19.6. The summed E-state index contributed by atoms with van der Waals surface area (Å²) >= 11 is 0. The van der Waals surface area contributed by atoms with Crippen LogP contribution in [-0.2, 0) is 9.59 Å². The number of carbonyl (C=O) groups excluding carboxylic acids is 2. The van der Waals surface area contributed by atoms with Crippen molar-refractivity contribution in [2.75, 3.05) is 17.6 Å². The highest BCUT2D eigenvalue weighted by atomic mass is 16.3. The molecule has 3 rings (SSSR count). The summed E-state index contributed by atoms with van der Waals surface area (Å²) in [4.78, 5) is 31.3. The lowest BCUT2D eigenvalue weighted by atomic mass is 9.77. The van der Waals surface area contributed by atoms with Gasteiger partial charge in [0.1, 0.15) is 5.82 Å². The molecule has 1 aliphatic carbocycles. The number of nitrogens with zero attached hydrogens (tertiary/aromatic N) is 2. The Morgan fingerprint density at radius 3 is 2.59 bits per heavy atom.